The van der Waals surface area contributed by atoms with Crippen molar-refractivity contribution in [1.29, 1.82) is 0 Å². The zero-order valence-corrected chi connectivity index (χ0v) is 12.7. The van der Waals surface area contributed by atoms with Gasteiger partial charge in [0.25, 0.3) is 0 Å². The van der Waals surface area contributed by atoms with Crippen molar-refractivity contribution in [3.05, 3.63) is 71.2 Å². The minimum atomic E-state index is -1.48. The first-order valence-corrected chi connectivity index (χ1v) is 7.67. The van der Waals surface area contributed by atoms with Crippen LogP contribution in [-0.4, -0.2) is 16.3 Å². The second-order valence-corrected chi connectivity index (χ2v) is 5.67. The zero-order chi connectivity index (χ0) is 16.7. The molecule has 0 saturated carbocycles. The van der Waals surface area contributed by atoms with Gasteiger partial charge >= 0.3 is 0 Å². The number of fused-ring (bicyclic) bond motifs is 1. The summed E-state index contributed by atoms with van der Waals surface area (Å²) in [6.45, 7) is 1.32. The molecule has 24 heavy (non-hydrogen) atoms. The summed E-state index contributed by atoms with van der Waals surface area (Å²) in [4.78, 5) is 0. The van der Waals surface area contributed by atoms with Crippen molar-refractivity contribution in [2.24, 2.45) is 0 Å². The molecule has 4 rings (SSSR count). The molecule has 0 amide bonds. The van der Waals surface area contributed by atoms with Crippen molar-refractivity contribution < 1.29 is 13.2 Å². The number of halogens is 3. The quantitative estimate of drug-likeness (QED) is 0.728. The van der Waals surface area contributed by atoms with Crippen LogP contribution in [0.15, 0.2) is 42.5 Å². The lowest BCUT2D eigenvalue weighted by molar-refractivity contribution is 0.442. The van der Waals surface area contributed by atoms with Crippen molar-refractivity contribution >= 4 is 0 Å². The Morgan fingerprint density at radius 3 is 2.54 bits per heavy atom. The molecule has 3 aromatic rings. The molecule has 122 valence electrons. The molecule has 0 fully saturated rings. The summed E-state index contributed by atoms with van der Waals surface area (Å²) in [6, 6.07) is 11.7. The first-order valence-electron chi connectivity index (χ1n) is 7.67. The molecule has 0 saturated heterocycles. The van der Waals surface area contributed by atoms with Gasteiger partial charge in [-0.25, -0.2) is 17.9 Å². The number of hydrogen-bond donors (Lipinski definition) is 1. The second kappa shape index (κ2) is 5.79. The van der Waals surface area contributed by atoms with Gasteiger partial charge in [-0.05, 0) is 12.1 Å². The summed E-state index contributed by atoms with van der Waals surface area (Å²) in [5.41, 5.74) is 3.32. The Morgan fingerprint density at radius 2 is 1.75 bits per heavy atom. The number of rotatable bonds is 2. The van der Waals surface area contributed by atoms with Crippen LogP contribution < -0.4 is 5.32 Å². The van der Waals surface area contributed by atoms with Gasteiger partial charge in [0.1, 0.15) is 5.69 Å². The Labute approximate surface area is 136 Å². The van der Waals surface area contributed by atoms with Crippen LogP contribution in [0.5, 0.6) is 0 Å². The molecule has 1 aliphatic heterocycles. The molecule has 1 aromatic heterocycles. The number of nitrogens with one attached hydrogen (secondary N) is 1. The highest BCUT2D eigenvalue weighted by Crippen LogP contribution is 2.30. The van der Waals surface area contributed by atoms with E-state index in [1.807, 2.05) is 30.3 Å². The SMILES string of the molecule is Fc1ccc(-n2nc(-c3ccccc3)c3c2CCNC3)c(F)c1F. The van der Waals surface area contributed by atoms with Gasteiger partial charge in [0.2, 0.25) is 0 Å². The lowest BCUT2D eigenvalue weighted by atomic mass is 10.0. The van der Waals surface area contributed by atoms with E-state index in [1.165, 1.54) is 10.7 Å². The normalized spacial score (nSPS) is 13.8. The molecule has 0 bridgehead atoms. The highest BCUT2D eigenvalue weighted by Gasteiger charge is 2.25. The first kappa shape index (κ1) is 15.0. The third-order valence-electron chi connectivity index (χ3n) is 4.22. The molecular formula is C18H14F3N3. The predicted molar refractivity (Wildman–Crippen MR) is 84.3 cm³/mol. The van der Waals surface area contributed by atoms with Gasteiger partial charge in [-0.1, -0.05) is 30.3 Å². The number of hydrogen-bond acceptors (Lipinski definition) is 2. The van der Waals surface area contributed by atoms with E-state index < -0.39 is 17.5 Å². The van der Waals surface area contributed by atoms with E-state index >= 15 is 0 Å². The van der Waals surface area contributed by atoms with Crippen molar-refractivity contribution in [2.75, 3.05) is 6.54 Å². The number of nitrogens with zero attached hydrogens (tertiary/aromatic N) is 2. The Morgan fingerprint density at radius 1 is 0.958 bits per heavy atom. The fourth-order valence-electron chi connectivity index (χ4n) is 3.05. The molecule has 6 heteroatoms. The monoisotopic (exact) mass is 329 g/mol. The summed E-state index contributed by atoms with van der Waals surface area (Å²) < 4.78 is 42.5. The number of benzene rings is 2. The standard InChI is InChI=1S/C18H14F3N3/c19-13-6-7-15(17(21)16(13)20)24-14-8-9-22-10-12(14)18(23-24)11-4-2-1-3-5-11/h1-7,22H,8-10H2. The Hall–Kier alpha value is -2.60. The van der Waals surface area contributed by atoms with E-state index in [1.54, 1.807) is 0 Å². The largest absolute Gasteiger partial charge is 0.312 e. The lowest BCUT2D eigenvalue weighted by Gasteiger charge is -2.16. The van der Waals surface area contributed by atoms with E-state index in [9.17, 15) is 13.2 Å². The molecule has 0 aliphatic carbocycles. The van der Waals surface area contributed by atoms with Crippen molar-refractivity contribution in [2.45, 2.75) is 13.0 Å². The highest BCUT2D eigenvalue weighted by atomic mass is 19.2. The highest BCUT2D eigenvalue weighted by molar-refractivity contribution is 5.65. The van der Waals surface area contributed by atoms with Crippen LogP contribution in [0.3, 0.4) is 0 Å². The van der Waals surface area contributed by atoms with Crippen molar-refractivity contribution in [3.63, 3.8) is 0 Å². The minimum Gasteiger partial charge on any atom is -0.312 e. The molecule has 3 nitrogen and oxygen atoms in total. The van der Waals surface area contributed by atoms with Crippen LogP contribution in [0.2, 0.25) is 0 Å². The topological polar surface area (TPSA) is 29.9 Å². The summed E-state index contributed by atoms with van der Waals surface area (Å²) in [6.07, 6.45) is 0.633. The molecule has 0 radical (unpaired) electrons. The second-order valence-electron chi connectivity index (χ2n) is 5.67. The smallest absolute Gasteiger partial charge is 0.196 e. The molecule has 0 spiro atoms. The third kappa shape index (κ3) is 2.30. The van der Waals surface area contributed by atoms with Gasteiger partial charge in [0.05, 0.1) is 11.4 Å². The molecule has 0 atom stereocenters. The van der Waals surface area contributed by atoms with Crippen LogP contribution in [-0.2, 0) is 13.0 Å². The summed E-state index contributed by atoms with van der Waals surface area (Å²) in [5.74, 6) is -3.91. The van der Waals surface area contributed by atoms with Crippen LogP contribution >= 0.6 is 0 Å². The van der Waals surface area contributed by atoms with E-state index in [0.717, 1.165) is 35.1 Å². The summed E-state index contributed by atoms with van der Waals surface area (Å²) in [7, 11) is 0. The summed E-state index contributed by atoms with van der Waals surface area (Å²) >= 11 is 0. The molecule has 1 N–H and O–H groups in total. The van der Waals surface area contributed by atoms with Gasteiger partial charge in [0, 0.05) is 30.6 Å². The first-order chi connectivity index (χ1) is 11.7. The lowest BCUT2D eigenvalue weighted by Crippen LogP contribution is -2.25. The van der Waals surface area contributed by atoms with Gasteiger partial charge in [-0.15, -0.1) is 0 Å². The Balaban J connectivity index is 1.94. The van der Waals surface area contributed by atoms with E-state index in [-0.39, 0.29) is 5.69 Å². The van der Waals surface area contributed by atoms with Gasteiger partial charge in [-0.2, -0.15) is 5.10 Å². The average molecular weight is 329 g/mol. The fraction of sp³-hybridized carbons (Fsp3) is 0.167. The van der Waals surface area contributed by atoms with Crippen LogP contribution in [0, 0.1) is 17.5 Å². The summed E-state index contributed by atoms with van der Waals surface area (Å²) in [5, 5.41) is 7.78. The van der Waals surface area contributed by atoms with Gasteiger partial charge in [0.15, 0.2) is 17.5 Å². The maximum absolute atomic E-state index is 14.2. The maximum Gasteiger partial charge on any atom is 0.196 e. The fourth-order valence-corrected chi connectivity index (χ4v) is 3.05. The van der Waals surface area contributed by atoms with Crippen LogP contribution in [0.1, 0.15) is 11.3 Å². The molecule has 2 heterocycles. The molecular weight excluding hydrogens is 315 g/mol. The van der Waals surface area contributed by atoms with E-state index in [2.05, 4.69) is 10.4 Å². The van der Waals surface area contributed by atoms with E-state index in [0.29, 0.717) is 13.0 Å². The van der Waals surface area contributed by atoms with E-state index in [4.69, 9.17) is 0 Å². The minimum absolute atomic E-state index is 0.0748. The predicted octanol–water partition coefficient (Wildman–Crippen LogP) is 3.60. The Bertz CT molecular complexity index is 904. The third-order valence-corrected chi connectivity index (χ3v) is 4.22. The van der Waals surface area contributed by atoms with Gasteiger partial charge < -0.3 is 5.32 Å². The number of aromatic nitrogens is 2. The van der Waals surface area contributed by atoms with Crippen LogP contribution in [0.4, 0.5) is 13.2 Å². The Kier molecular flexibility index (Phi) is 3.61. The molecule has 1 aliphatic rings. The zero-order valence-electron chi connectivity index (χ0n) is 12.7. The van der Waals surface area contributed by atoms with Gasteiger partial charge in [-0.3, -0.25) is 0 Å². The van der Waals surface area contributed by atoms with Crippen LogP contribution in [0.25, 0.3) is 16.9 Å². The van der Waals surface area contributed by atoms with Crippen molar-refractivity contribution in [3.8, 4) is 16.9 Å². The average Bonchev–Trinajstić information content (AvgIpc) is 3.00. The van der Waals surface area contributed by atoms with Crippen molar-refractivity contribution in [1.82, 2.24) is 15.1 Å². The molecule has 2 aromatic carbocycles. The molecule has 0 unspecified atom stereocenters. The maximum atomic E-state index is 14.2.